The molecule has 6 aromatic rings. The second-order valence-electron chi connectivity index (χ2n) is 9.05. The number of aryl methyl sites for hydroxylation is 2. The highest BCUT2D eigenvalue weighted by molar-refractivity contribution is 6.02. The van der Waals surface area contributed by atoms with Gasteiger partial charge in [0.05, 0.1) is 16.6 Å². The lowest BCUT2D eigenvalue weighted by atomic mass is 9.99. The SMILES string of the molecule is Cc1c(-c2cc(-c3cc(=O)[nH][nH]3)c3c(OC(C)c4ccccc4)ccc(C)c3n2)oc2ccccc12. The van der Waals surface area contributed by atoms with Gasteiger partial charge in [-0.3, -0.25) is 15.0 Å². The minimum atomic E-state index is -0.204. The van der Waals surface area contributed by atoms with Gasteiger partial charge in [-0.2, -0.15) is 0 Å². The third-order valence-electron chi connectivity index (χ3n) is 6.66. The fourth-order valence-corrected chi connectivity index (χ4v) is 4.75. The summed E-state index contributed by atoms with van der Waals surface area (Å²) in [7, 11) is 0. The molecule has 0 saturated heterocycles. The normalized spacial score (nSPS) is 12.3. The molecule has 36 heavy (non-hydrogen) atoms. The quantitative estimate of drug-likeness (QED) is 0.279. The van der Waals surface area contributed by atoms with Crippen LogP contribution in [0.3, 0.4) is 0 Å². The molecular weight excluding hydrogens is 450 g/mol. The van der Waals surface area contributed by atoms with Crippen molar-refractivity contribution in [3.05, 3.63) is 106 Å². The Hall–Kier alpha value is -4.58. The van der Waals surface area contributed by atoms with Crippen LogP contribution in [0.1, 0.15) is 29.7 Å². The molecule has 0 aliphatic heterocycles. The molecule has 6 heteroatoms. The molecule has 0 aliphatic carbocycles. The number of para-hydroxylation sites is 1. The minimum absolute atomic E-state index is 0.174. The van der Waals surface area contributed by atoms with Crippen molar-refractivity contribution < 1.29 is 9.15 Å². The van der Waals surface area contributed by atoms with Crippen LogP contribution in [0.5, 0.6) is 5.75 Å². The maximum absolute atomic E-state index is 12.1. The van der Waals surface area contributed by atoms with Crippen LogP contribution in [-0.2, 0) is 0 Å². The number of fused-ring (bicyclic) bond motifs is 2. The Morgan fingerprint density at radius 3 is 2.44 bits per heavy atom. The van der Waals surface area contributed by atoms with E-state index < -0.39 is 0 Å². The number of hydrogen-bond donors (Lipinski definition) is 2. The first kappa shape index (κ1) is 21.9. The van der Waals surface area contributed by atoms with Gasteiger partial charge in [-0.25, -0.2) is 4.98 Å². The highest BCUT2D eigenvalue weighted by atomic mass is 16.5. The molecule has 1 atom stereocenters. The number of ether oxygens (including phenoxy) is 1. The maximum atomic E-state index is 12.1. The van der Waals surface area contributed by atoms with E-state index in [1.807, 2.05) is 93.6 Å². The highest BCUT2D eigenvalue weighted by Crippen LogP contribution is 2.41. The largest absolute Gasteiger partial charge is 0.485 e. The molecule has 6 nitrogen and oxygen atoms in total. The second kappa shape index (κ2) is 8.57. The van der Waals surface area contributed by atoms with Crippen molar-refractivity contribution in [2.75, 3.05) is 0 Å². The number of rotatable bonds is 5. The summed E-state index contributed by atoms with van der Waals surface area (Å²) >= 11 is 0. The van der Waals surface area contributed by atoms with Crippen LogP contribution >= 0.6 is 0 Å². The molecule has 1 unspecified atom stereocenters. The van der Waals surface area contributed by atoms with E-state index in [9.17, 15) is 4.79 Å². The Kier molecular flexibility index (Phi) is 5.22. The molecule has 0 bridgehead atoms. The summed E-state index contributed by atoms with van der Waals surface area (Å²) in [6, 6.07) is 25.6. The van der Waals surface area contributed by atoms with E-state index in [0.717, 1.165) is 44.1 Å². The van der Waals surface area contributed by atoms with E-state index in [4.69, 9.17) is 14.1 Å². The Morgan fingerprint density at radius 1 is 0.917 bits per heavy atom. The van der Waals surface area contributed by atoms with Gasteiger partial charge < -0.3 is 9.15 Å². The lowest BCUT2D eigenvalue weighted by Crippen LogP contribution is -2.04. The highest BCUT2D eigenvalue weighted by Gasteiger charge is 2.21. The number of hydrogen-bond acceptors (Lipinski definition) is 4. The fourth-order valence-electron chi connectivity index (χ4n) is 4.75. The van der Waals surface area contributed by atoms with Crippen molar-refractivity contribution in [2.24, 2.45) is 0 Å². The van der Waals surface area contributed by atoms with E-state index in [-0.39, 0.29) is 11.7 Å². The lowest BCUT2D eigenvalue weighted by molar-refractivity contribution is 0.230. The van der Waals surface area contributed by atoms with Crippen LogP contribution in [0.4, 0.5) is 0 Å². The van der Waals surface area contributed by atoms with Gasteiger partial charge in [-0.15, -0.1) is 0 Å². The van der Waals surface area contributed by atoms with Gasteiger partial charge in [0.15, 0.2) is 5.76 Å². The van der Waals surface area contributed by atoms with Crippen LogP contribution in [0.25, 0.3) is 44.6 Å². The number of nitrogens with one attached hydrogen (secondary N) is 2. The van der Waals surface area contributed by atoms with Crippen molar-refractivity contribution in [1.82, 2.24) is 15.2 Å². The summed E-state index contributed by atoms with van der Waals surface area (Å²) in [6.07, 6.45) is -0.174. The predicted octanol–water partition coefficient (Wildman–Crippen LogP) is 7.09. The summed E-state index contributed by atoms with van der Waals surface area (Å²) < 4.78 is 12.7. The van der Waals surface area contributed by atoms with Gasteiger partial charge >= 0.3 is 0 Å². The maximum Gasteiger partial charge on any atom is 0.264 e. The van der Waals surface area contributed by atoms with Gasteiger partial charge in [0.2, 0.25) is 0 Å². The molecular formula is C30H25N3O3. The van der Waals surface area contributed by atoms with E-state index in [2.05, 4.69) is 10.2 Å². The summed E-state index contributed by atoms with van der Waals surface area (Å²) in [6.45, 7) is 6.09. The lowest BCUT2D eigenvalue weighted by Gasteiger charge is -2.19. The first-order valence-electron chi connectivity index (χ1n) is 11.9. The number of furan rings is 1. The third-order valence-corrected chi connectivity index (χ3v) is 6.66. The summed E-state index contributed by atoms with van der Waals surface area (Å²) in [5.41, 5.74) is 6.67. The molecule has 2 N–H and O–H groups in total. The number of H-pyrrole nitrogens is 2. The van der Waals surface area contributed by atoms with Gasteiger partial charge in [0.1, 0.15) is 23.1 Å². The number of aromatic amines is 2. The zero-order chi connectivity index (χ0) is 24.8. The first-order chi connectivity index (χ1) is 17.5. The molecule has 3 heterocycles. The molecule has 3 aromatic carbocycles. The minimum Gasteiger partial charge on any atom is -0.485 e. The summed E-state index contributed by atoms with van der Waals surface area (Å²) in [5, 5.41) is 7.56. The summed E-state index contributed by atoms with van der Waals surface area (Å²) in [5.74, 6) is 1.41. The van der Waals surface area contributed by atoms with Crippen LogP contribution in [0.2, 0.25) is 0 Å². The number of pyridine rings is 1. The Morgan fingerprint density at radius 2 is 1.69 bits per heavy atom. The van der Waals surface area contributed by atoms with Crippen molar-refractivity contribution in [3.8, 4) is 28.5 Å². The van der Waals surface area contributed by atoms with Gasteiger partial charge in [-0.05, 0) is 50.1 Å². The second-order valence-corrected chi connectivity index (χ2v) is 9.05. The molecule has 0 spiro atoms. The standard InChI is InChI=1S/C30H25N3O3/c1-17-13-14-26(35-19(3)20-9-5-4-6-10-20)28-22(23-16-27(34)33-32-23)15-24(31-29(17)28)30-18(2)21-11-7-8-12-25(21)36-30/h4-16,19H,1-3H3,(H2,32,33,34). The zero-order valence-corrected chi connectivity index (χ0v) is 20.3. The number of benzene rings is 3. The molecule has 0 saturated carbocycles. The van der Waals surface area contributed by atoms with E-state index >= 15 is 0 Å². The van der Waals surface area contributed by atoms with Gasteiger partial charge in [-0.1, -0.05) is 54.6 Å². The molecule has 178 valence electrons. The Bertz CT molecular complexity index is 1780. The molecule has 0 amide bonds. The first-order valence-corrected chi connectivity index (χ1v) is 11.9. The fraction of sp³-hybridized carbons (Fsp3) is 0.133. The predicted molar refractivity (Wildman–Crippen MR) is 142 cm³/mol. The van der Waals surface area contributed by atoms with E-state index in [0.29, 0.717) is 22.9 Å². The number of nitrogens with zero attached hydrogens (tertiary/aromatic N) is 1. The molecule has 0 radical (unpaired) electrons. The van der Waals surface area contributed by atoms with Crippen molar-refractivity contribution in [3.63, 3.8) is 0 Å². The third kappa shape index (κ3) is 3.67. The van der Waals surface area contributed by atoms with Crippen LogP contribution < -0.4 is 10.3 Å². The molecule has 0 aliphatic rings. The van der Waals surface area contributed by atoms with E-state index in [1.54, 1.807) is 6.07 Å². The zero-order valence-electron chi connectivity index (χ0n) is 20.3. The average Bonchev–Trinajstić information content (AvgIpc) is 3.49. The van der Waals surface area contributed by atoms with Crippen molar-refractivity contribution >= 4 is 21.9 Å². The Balaban J connectivity index is 1.60. The van der Waals surface area contributed by atoms with Crippen LogP contribution in [-0.4, -0.2) is 15.2 Å². The van der Waals surface area contributed by atoms with Gasteiger partial charge in [0, 0.05) is 22.6 Å². The Labute approximate surface area is 207 Å². The molecule has 3 aromatic heterocycles. The van der Waals surface area contributed by atoms with Gasteiger partial charge in [0.25, 0.3) is 5.56 Å². The van der Waals surface area contributed by atoms with Crippen molar-refractivity contribution in [2.45, 2.75) is 26.9 Å². The topological polar surface area (TPSA) is 83.9 Å². The number of aromatic nitrogens is 3. The molecule has 0 fully saturated rings. The van der Waals surface area contributed by atoms with Crippen LogP contribution in [0, 0.1) is 13.8 Å². The van der Waals surface area contributed by atoms with E-state index in [1.165, 1.54) is 0 Å². The monoisotopic (exact) mass is 475 g/mol. The average molecular weight is 476 g/mol. The molecule has 6 rings (SSSR count). The smallest absolute Gasteiger partial charge is 0.264 e. The van der Waals surface area contributed by atoms with Crippen LogP contribution in [0.15, 0.2) is 88.1 Å². The van der Waals surface area contributed by atoms with Crippen molar-refractivity contribution in [1.29, 1.82) is 0 Å². The summed E-state index contributed by atoms with van der Waals surface area (Å²) in [4.78, 5) is 17.1.